The summed E-state index contributed by atoms with van der Waals surface area (Å²) in [5.41, 5.74) is 0.123. The first-order valence-electron chi connectivity index (χ1n) is 9.79. The van der Waals surface area contributed by atoms with Gasteiger partial charge in [-0.3, -0.25) is 19.8 Å². The Bertz CT molecular complexity index is 949. The van der Waals surface area contributed by atoms with Gasteiger partial charge in [-0.15, -0.1) is 0 Å². The lowest BCUT2D eigenvalue weighted by Crippen LogP contribution is -2.47. The van der Waals surface area contributed by atoms with Crippen LogP contribution in [0.3, 0.4) is 0 Å². The third-order valence-electron chi connectivity index (χ3n) is 4.99. The molecule has 1 aliphatic heterocycles. The molecule has 9 nitrogen and oxygen atoms in total. The zero-order valence-corrected chi connectivity index (χ0v) is 18.1. The highest BCUT2D eigenvalue weighted by atomic mass is 35.5. The van der Waals surface area contributed by atoms with Crippen LogP contribution in [0.1, 0.15) is 17.3 Å². The average molecular weight is 450 g/mol. The molecule has 0 spiro atoms. The molecule has 1 atom stereocenters. The van der Waals surface area contributed by atoms with E-state index in [9.17, 15) is 14.9 Å². The average Bonchev–Trinajstić information content (AvgIpc) is 2.79. The molecule has 1 N–H and O–H groups in total. The number of rotatable bonds is 8. The number of benzene rings is 2. The van der Waals surface area contributed by atoms with Gasteiger partial charge in [0.15, 0.2) is 11.5 Å². The summed E-state index contributed by atoms with van der Waals surface area (Å²) in [5, 5.41) is 14.4. The Kier molecular flexibility index (Phi) is 7.67. The fraction of sp³-hybridized carbons (Fsp3) is 0.381. The maximum atomic E-state index is 12.6. The summed E-state index contributed by atoms with van der Waals surface area (Å²) in [6.45, 7) is 5.63. The number of amides is 1. The first kappa shape index (κ1) is 22.8. The summed E-state index contributed by atoms with van der Waals surface area (Å²) in [7, 11) is 1.43. The van der Waals surface area contributed by atoms with Gasteiger partial charge in [-0.05, 0) is 37.3 Å². The van der Waals surface area contributed by atoms with Gasteiger partial charge in [0.25, 0.3) is 5.91 Å². The first-order chi connectivity index (χ1) is 14.9. The highest BCUT2D eigenvalue weighted by molar-refractivity contribution is 6.30. The summed E-state index contributed by atoms with van der Waals surface area (Å²) >= 11 is 5.84. The van der Waals surface area contributed by atoms with Crippen molar-refractivity contribution in [3.05, 3.63) is 57.1 Å². The van der Waals surface area contributed by atoms with Crippen LogP contribution in [0.15, 0.2) is 36.4 Å². The number of hydrogen-bond donors (Lipinski definition) is 1. The monoisotopic (exact) mass is 449 g/mol. The second kappa shape index (κ2) is 10.4. The molecule has 1 fully saturated rings. The van der Waals surface area contributed by atoms with Gasteiger partial charge < -0.3 is 19.5 Å². The van der Waals surface area contributed by atoms with Crippen LogP contribution in [-0.2, 0) is 4.74 Å². The summed E-state index contributed by atoms with van der Waals surface area (Å²) in [6.07, 6.45) is 0. The molecule has 10 heteroatoms. The Labute approximate surface area is 185 Å². The Balaban J connectivity index is 1.69. The van der Waals surface area contributed by atoms with Crippen molar-refractivity contribution >= 4 is 23.2 Å². The second-order valence-corrected chi connectivity index (χ2v) is 7.48. The van der Waals surface area contributed by atoms with Gasteiger partial charge in [0.2, 0.25) is 5.75 Å². The number of methoxy groups -OCH3 is 1. The Morgan fingerprint density at radius 3 is 2.61 bits per heavy atom. The molecule has 31 heavy (non-hydrogen) atoms. The first-order valence-corrected chi connectivity index (χ1v) is 10.2. The zero-order chi connectivity index (χ0) is 22.4. The van der Waals surface area contributed by atoms with E-state index in [1.54, 1.807) is 6.07 Å². The van der Waals surface area contributed by atoms with Gasteiger partial charge in [-0.2, -0.15) is 0 Å². The van der Waals surface area contributed by atoms with Crippen molar-refractivity contribution in [2.24, 2.45) is 0 Å². The van der Waals surface area contributed by atoms with E-state index in [1.807, 2.05) is 0 Å². The number of ether oxygens (including phenoxy) is 3. The van der Waals surface area contributed by atoms with Gasteiger partial charge in [-0.25, -0.2) is 0 Å². The van der Waals surface area contributed by atoms with E-state index < -0.39 is 4.92 Å². The standard InChI is InChI=1S/C21H24ClN3O6/c1-14(24-7-9-30-10-8-24)13-23-21(26)15-3-5-19(20(11-15)29-2)31-18-6-4-16(22)12-17(18)25(27)28/h3-6,11-12,14H,7-10,13H2,1-2H3,(H,23,26). The molecule has 0 aromatic heterocycles. The van der Waals surface area contributed by atoms with E-state index >= 15 is 0 Å². The van der Waals surface area contributed by atoms with Crippen LogP contribution in [0.5, 0.6) is 17.2 Å². The van der Waals surface area contributed by atoms with Crippen molar-refractivity contribution < 1.29 is 23.9 Å². The van der Waals surface area contributed by atoms with Crippen molar-refractivity contribution in [1.29, 1.82) is 0 Å². The highest BCUT2D eigenvalue weighted by Gasteiger charge is 2.20. The molecule has 1 saturated heterocycles. The molecule has 3 rings (SSSR count). The number of carbonyl (C=O) groups excluding carboxylic acids is 1. The molecular weight excluding hydrogens is 426 g/mol. The van der Waals surface area contributed by atoms with E-state index in [0.29, 0.717) is 25.3 Å². The number of hydrogen-bond acceptors (Lipinski definition) is 7. The molecule has 1 unspecified atom stereocenters. The van der Waals surface area contributed by atoms with Crippen LogP contribution >= 0.6 is 11.6 Å². The normalized spacial score (nSPS) is 15.2. The minimum absolute atomic E-state index is 0.0178. The maximum absolute atomic E-state index is 12.6. The van der Waals surface area contributed by atoms with Crippen LogP contribution in [0.2, 0.25) is 5.02 Å². The molecule has 0 saturated carbocycles. The van der Waals surface area contributed by atoms with Crippen molar-refractivity contribution in [3.63, 3.8) is 0 Å². The van der Waals surface area contributed by atoms with E-state index in [-0.39, 0.29) is 39.9 Å². The predicted octanol–water partition coefficient (Wildman–Crippen LogP) is 3.50. The van der Waals surface area contributed by atoms with Gasteiger partial charge in [-0.1, -0.05) is 11.6 Å². The van der Waals surface area contributed by atoms with Gasteiger partial charge in [0.1, 0.15) is 0 Å². The fourth-order valence-corrected chi connectivity index (χ4v) is 3.39. The van der Waals surface area contributed by atoms with Crippen molar-refractivity contribution in [2.45, 2.75) is 13.0 Å². The lowest BCUT2D eigenvalue weighted by atomic mass is 10.1. The molecule has 1 aliphatic rings. The molecule has 2 aromatic rings. The molecule has 166 valence electrons. The SMILES string of the molecule is COc1cc(C(=O)NCC(C)N2CCOCC2)ccc1Oc1ccc(Cl)cc1[N+](=O)[O-]. The minimum atomic E-state index is -0.578. The molecule has 1 amide bonds. The minimum Gasteiger partial charge on any atom is -0.493 e. The molecule has 1 heterocycles. The number of nitro groups is 1. The lowest BCUT2D eigenvalue weighted by Gasteiger charge is -2.32. The molecule has 0 aliphatic carbocycles. The number of nitrogens with zero attached hydrogens (tertiary/aromatic N) is 2. The van der Waals surface area contributed by atoms with E-state index in [1.165, 1.54) is 37.4 Å². The quantitative estimate of drug-likeness (QED) is 0.486. The number of carbonyl (C=O) groups is 1. The molecular formula is C21H24ClN3O6. The topological polar surface area (TPSA) is 103 Å². The smallest absolute Gasteiger partial charge is 0.313 e. The van der Waals surface area contributed by atoms with Crippen LogP contribution in [0.4, 0.5) is 5.69 Å². The summed E-state index contributed by atoms with van der Waals surface area (Å²) in [4.78, 5) is 25.6. The van der Waals surface area contributed by atoms with Crippen LogP contribution in [0.25, 0.3) is 0 Å². The predicted molar refractivity (Wildman–Crippen MR) is 115 cm³/mol. The summed E-state index contributed by atoms with van der Waals surface area (Å²) in [5.74, 6) is 0.288. The Morgan fingerprint density at radius 2 is 1.94 bits per heavy atom. The third kappa shape index (κ3) is 5.84. The van der Waals surface area contributed by atoms with Crippen molar-refractivity contribution in [1.82, 2.24) is 10.2 Å². The van der Waals surface area contributed by atoms with Crippen molar-refractivity contribution in [2.75, 3.05) is 40.0 Å². The lowest BCUT2D eigenvalue weighted by molar-refractivity contribution is -0.385. The number of morpholine rings is 1. The maximum Gasteiger partial charge on any atom is 0.313 e. The fourth-order valence-electron chi connectivity index (χ4n) is 3.22. The number of nitrogens with one attached hydrogen (secondary N) is 1. The third-order valence-corrected chi connectivity index (χ3v) is 5.23. The van der Waals surface area contributed by atoms with Gasteiger partial charge >= 0.3 is 5.69 Å². The van der Waals surface area contributed by atoms with E-state index in [0.717, 1.165) is 13.1 Å². The van der Waals surface area contributed by atoms with Crippen LogP contribution in [-0.4, -0.2) is 61.7 Å². The van der Waals surface area contributed by atoms with E-state index in [4.69, 9.17) is 25.8 Å². The largest absolute Gasteiger partial charge is 0.493 e. The molecule has 0 radical (unpaired) electrons. The Hall–Kier alpha value is -2.88. The number of nitro benzene ring substituents is 1. The summed E-state index contributed by atoms with van der Waals surface area (Å²) in [6, 6.07) is 8.95. The van der Waals surface area contributed by atoms with Crippen LogP contribution in [0, 0.1) is 10.1 Å². The zero-order valence-electron chi connectivity index (χ0n) is 17.3. The van der Waals surface area contributed by atoms with Gasteiger partial charge in [0.05, 0.1) is 25.2 Å². The second-order valence-electron chi connectivity index (χ2n) is 7.04. The highest BCUT2D eigenvalue weighted by Crippen LogP contribution is 2.37. The van der Waals surface area contributed by atoms with Crippen LogP contribution < -0.4 is 14.8 Å². The number of halogens is 1. The Morgan fingerprint density at radius 1 is 1.23 bits per heavy atom. The van der Waals surface area contributed by atoms with Gasteiger partial charge in [0, 0.05) is 42.3 Å². The van der Waals surface area contributed by atoms with Crippen molar-refractivity contribution in [3.8, 4) is 17.2 Å². The molecule has 0 bridgehead atoms. The van der Waals surface area contributed by atoms with E-state index in [2.05, 4.69) is 17.1 Å². The summed E-state index contributed by atoms with van der Waals surface area (Å²) < 4.78 is 16.4. The molecule has 2 aromatic carbocycles.